The van der Waals surface area contributed by atoms with Gasteiger partial charge >= 0.3 is 0 Å². The van der Waals surface area contributed by atoms with Crippen molar-refractivity contribution in [3.8, 4) is 0 Å². The molecule has 0 saturated carbocycles. The molecule has 3 N–H and O–H groups in total. The van der Waals surface area contributed by atoms with Crippen LogP contribution in [0.5, 0.6) is 0 Å². The molecule has 0 atom stereocenters. The first-order valence-corrected chi connectivity index (χ1v) is 8.54. The highest BCUT2D eigenvalue weighted by Crippen LogP contribution is 2.31. The lowest BCUT2D eigenvalue weighted by molar-refractivity contribution is -0.116. The van der Waals surface area contributed by atoms with Crippen LogP contribution in [0.15, 0.2) is 30.3 Å². The molecule has 0 aromatic heterocycles. The van der Waals surface area contributed by atoms with Gasteiger partial charge in [0, 0.05) is 18.7 Å². The highest BCUT2D eigenvalue weighted by atomic mass is 35.5. The summed E-state index contributed by atoms with van der Waals surface area (Å²) in [7, 11) is 0. The van der Waals surface area contributed by atoms with Crippen molar-refractivity contribution in [1.82, 2.24) is 4.90 Å². The third-order valence-electron chi connectivity index (χ3n) is 4.05. The molecule has 6 nitrogen and oxygen atoms in total. The molecule has 1 aliphatic rings. The number of fused-ring (bicyclic) bond motifs is 1. The summed E-state index contributed by atoms with van der Waals surface area (Å²) in [5.41, 5.74) is 7.88. The molecule has 0 bridgehead atoms. The second-order valence-corrected chi connectivity index (χ2v) is 6.78. The maximum absolute atomic E-state index is 12.4. The van der Waals surface area contributed by atoms with Crippen molar-refractivity contribution in [2.75, 3.05) is 17.6 Å². The Kier molecular flexibility index (Phi) is 4.89. The Morgan fingerprint density at radius 3 is 2.35 bits per heavy atom. The van der Waals surface area contributed by atoms with E-state index in [2.05, 4.69) is 5.32 Å². The number of rotatable bonds is 4. The van der Waals surface area contributed by atoms with Gasteiger partial charge in [-0.1, -0.05) is 34.8 Å². The van der Waals surface area contributed by atoms with Gasteiger partial charge in [0.2, 0.25) is 5.91 Å². The largest absolute Gasteiger partial charge is 0.396 e. The highest BCUT2D eigenvalue weighted by Gasteiger charge is 2.35. The third-order valence-corrected chi connectivity index (χ3v) is 4.68. The van der Waals surface area contributed by atoms with E-state index in [1.165, 1.54) is 12.1 Å². The fourth-order valence-electron chi connectivity index (χ4n) is 2.70. The van der Waals surface area contributed by atoms with Gasteiger partial charge in [-0.25, -0.2) is 0 Å². The monoisotopic (exact) mass is 391 g/mol. The number of hydrogen-bond acceptors (Lipinski definition) is 4. The lowest BCUT2D eigenvalue weighted by Gasteiger charge is -2.14. The van der Waals surface area contributed by atoms with Gasteiger partial charge in [-0.2, -0.15) is 0 Å². The van der Waals surface area contributed by atoms with Crippen molar-refractivity contribution in [1.29, 1.82) is 0 Å². The minimum atomic E-state index is -0.392. The lowest BCUT2D eigenvalue weighted by atomic mass is 10.1. The molecular formula is C18H15Cl2N3O3. The second-order valence-electron chi connectivity index (χ2n) is 5.96. The van der Waals surface area contributed by atoms with E-state index in [-0.39, 0.29) is 40.5 Å². The predicted molar refractivity (Wildman–Crippen MR) is 101 cm³/mol. The number of nitrogens with zero attached hydrogens (tertiary/aromatic N) is 1. The number of aryl methyl sites for hydroxylation is 1. The van der Waals surface area contributed by atoms with Crippen LogP contribution in [0.3, 0.4) is 0 Å². The first-order valence-electron chi connectivity index (χ1n) is 7.79. The van der Waals surface area contributed by atoms with Crippen molar-refractivity contribution >= 4 is 52.3 Å². The number of anilines is 2. The standard InChI is InChI=1S/C18H15Cl2N3O3/c1-9-2-3-11-12(6-9)18(26)23(17(11)25)5-4-15(24)22-10-7-13(19)16(21)14(20)8-10/h2-3,6-8H,4-5,21H2,1H3,(H,22,24). The molecule has 0 fully saturated rings. The maximum atomic E-state index is 12.4. The number of halogens is 2. The highest BCUT2D eigenvalue weighted by molar-refractivity contribution is 6.39. The maximum Gasteiger partial charge on any atom is 0.261 e. The quantitative estimate of drug-likeness (QED) is 0.615. The Balaban J connectivity index is 1.65. The molecule has 1 aliphatic heterocycles. The van der Waals surface area contributed by atoms with E-state index in [1.807, 2.05) is 6.92 Å². The number of imide groups is 1. The van der Waals surface area contributed by atoms with Crippen LogP contribution in [0.2, 0.25) is 10.0 Å². The molecule has 2 aromatic rings. The molecule has 0 saturated heterocycles. The van der Waals surface area contributed by atoms with Crippen LogP contribution in [-0.4, -0.2) is 29.2 Å². The zero-order chi connectivity index (χ0) is 19.0. The Morgan fingerprint density at radius 1 is 1.08 bits per heavy atom. The minimum Gasteiger partial charge on any atom is -0.396 e. The van der Waals surface area contributed by atoms with Crippen molar-refractivity contribution in [2.45, 2.75) is 13.3 Å². The molecule has 1 heterocycles. The molecule has 3 amide bonds. The number of benzene rings is 2. The predicted octanol–water partition coefficient (Wildman–Crippen LogP) is 3.51. The first-order chi connectivity index (χ1) is 12.3. The Labute approximate surface area is 159 Å². The molecule has 0 unspecified atom stereocenters. The van der Waals surface area contributed by atoms with E-state index in [9.17, 15) is 14.4 Å². The third kappa shape index (κ3) is 3.38. The molecule has 0 radical (unpaired) electrons. The topological polar surface area (TPSA) is 92.5 Å². The molecular weight excluding hydrogens is 377 g/mol. The summed E-state index contributed by atoms with van der Waals surface area (Å²) in [5.74, 6) is -1.16. The zero-order valence-electron chi connectivity index (χ0n) is 13.8. The average molecular weight is 392 g/mol. The van der Waals surface area contributed by atoms with Crippen LogP contribution in [0.4, 0.5) is 11.4 Å². The van der Waals surface area contributed by atoms with E-state index >= 15 is 0 Å². The van der Waals surface area contributed by atoms with Gasteiger partial charge in [0.05, 0.1) is 26.9 Å². The Hall–Kier alpha value is -2.57. The van der Waals surface area contributed by atoms with Gasteiger partial charge in [0.15, 0.2) is 0 Å². The molecule has 3 rings (SSSR count). The van der Waals surface area contributed by atoms with Crippen LogP contribution in [-0.2, 0) is 4.79 Å². The Bertz CT molecular complexity index is 920. The molecule has 2 aromatic carbocycles. The number of nitrogens with two attached hydrogens (primary N) is 1. The number of carbonyl (C=O) groups is 3. The van der Waals surface area contributed by atoms with Gasteiger partial charge < -0.3 is 11.1 Å². The SMILES string of the molecule is Cc1ccc2c(c1)C(=O)N(CCC(=O)Nc1cc(Cl)c(N)c(Cl)c1)C2=O. The molecule has 8 heteroatoms. The van der Waals surface area contributed by atoms with Crippen LogP contribution < -0.4 is 11.1 Å². The van der Waals surface area contributed by atoms with E-state index in [1.54, 1.807) is 18.2 Å². The normalized spacial score (nSPS) is 13.1. The fourth-order valence-corrected chi connectivity index (χ4v) is 3.19. The van der Waals surface area contributed by atoms with Gasteiger partial charge in [0.1, 0.15) is 0 Å². The van der Waals surface area contributed by atoms with E-state index < -0.39 is 5.91 Å². The number of hydrogen-bond donors (Lipinski definition) is 2. The van der Waals surface area contributed by atoms with Gasteiger partial charge in [-0.15, -0.1) is 0 Å². The smallest absolute Gasteiger partial charge is 0.261 e. The van der Waals surface area contributed by atoms with Gasteiger partial charge in [-0.3, -0.25) is 19.3 Å². The van der Waals surface area contributed by atoms with Crippen LogP contribution in [0, 0.1) is 6.92 Å². The summed E-state index contributed by atoms with van der Waals surface area (Å²) in [5, 5.41) is 3.07. The van der Waals surface area contributed by atoms with E-state index in [4.69, 9.17) is 28.9 Å². The van der Waals surface area contributed by atoms with Gasteiger partial charge in [-0.05, 0) is 31.2 Å². The molecule has 0 aliphatic carbocycles. The minimum absolute atomic E-state index is 0.0202. The summed E-state index contributed by atoms with van der Waals surface area (Å²) < 4.78 is 0. The second kappa shape index (κ2) is 6.97. The number of amides is 3. The van der Waals surface area contributed by atoms with E-state index in [0.717, 1.165) is 10.5 Å². The van der Waals surface area contributed by atoms with Crippen LogP contribution in [0.1, 0.15) is 32.7 Å². The fraction of sp³-hybridized carbons (Fsp3) is 0.167. The number of nitrogens with one attached hydrogen (secondary N) is 1. The summed E-state index contributed by atoms with van der Waals surface area (Å²) >= 11 is 11.9. The zero-order valence-corrected chi connectivity index (χ0v) is 15.3. The Morgan fingerprint density at radius 2 is 1.69 bits per heavy atom. The number of nitrogen functional groups attached to an aromatic ring is 1. The van der Waals surface area contributed by atoms with Gasteiger partial charge in [0.25, 0.3) is 11.8 Å². The summed E-state index contributed by atoms with van der Waals surface area (Å²) in [6.45, 7) is 1.82. The van der Waals surface area contributed by atoms with Crippen molar-refractivity contribution in [2.24, 2.45) is 0 Å². The van der Waals surface area contributed by atoms with E-state index in [0.29, 0.717) is 16.8 Å². The number of carbonyl (C=O) groups excluding carboxylic acids is 3. The first kappa shape index (κ1) is 18.2. The van der Waals surface area contributed by atoms with Crippen molar-refractivity contribution in [3.05, 3.63) is 57.1 Å². The summed E-state index contributed by atoms with van der Waals surface area (Å²) in [6.07, 6.45) is -0.0515. The summed E-state index contributed by atoms with van der Waals surface area (Å²) in [6, 6.07) is 8.03. The van der Waals surface area contributed by atoms with Crippen molar-refractivity contribution in [3.63, 3.8) is 0 Å². The lowest BCUT2D eigenvalue weighted by Crippen LogP contribution is -2.32. The molecule has 134 valence electrons. The van der Waals surface area contributed by atoms with Crippen LogP contribution in [0.25, 0.3) is 0 Å². The van der Waals surface area contributed by atoms with Crippen LogP contribution >= 0.6 is 23.2 Å². The molecule has 0 spiro atoms. The average Bonchev–Trinajstić information content (AvgIpc) is 2.81. The van der Waals surface area contributed by atoms with Crippen molar-refractivity contribution < 1.29 is 14.4 Å². The molecule has 26 heavy (non-hydrogen) atoms. The summed E-state index contributed by atoms with van der Waals surface area (Å²) in [4.78, 5) is 37.9.